The van der Waals surface area contributed by atoms with Gasteiger partial charge in [-0.15, -0.1) is 0 Å². The lowest BCUT2D eigenvalue weighted by atomic mass is 9.98. The minimum absolute atomic E-state index is 0.105. The standard InChI is InChI=1S/C20H16N2O3/c23-19(18-16(20(24)25)12-7-13-21-18)22-17(14-8-3-1-4-9-14)15-10-5-2-6-11-15/h1-13,17H,(H,22,23)(H,24,25). The Bertz CT molecular complexity index is 840. The van der Waals surface area contributed by atoms with Crippen LogP contribution in [0.1, 0.15) is 38.0 Å². The average molecular weight is 332 g/mol. The van der Waals surface area contributed by atoms with E-state index in [4.69, 9.17) is 0 Å². The Labute approximate surface area is 145 Å². The monoisotopic (exact) mass is 332 g/mol. The molecule has 0 radical (unpaired) electrons. The largest absolute Gasteiger partial charge is 0.478 e. The van der Waals surface area contributed by atoms with E-state index in [9.17, 15) is 14.7 Å². The minimum Gasteiger partial charge on any atom is -0.478 e. The molecule has 3 rings (SSSR count). The van der Waals surface area contributed by atoms with Gasteiger partial charge in [-0.3, -0.25) is 9.78 Å². The van der Waals surface area contributed by atoms with E-state index in [2.05, 4.69) is 10.3 Å². The molecule has 0 unspecified atom stereocenters. The molecule has 1 aromatic heterocycles. The molecule has 1 heterocycles. The molecule has 2 aromatic carbocycles. The Balaban J connectivity index is 1.97. The number of aromatic nitrogens is 1. The van der Waals surface area contributed by atoms with Crippen molar-refractivity contribution in [3.05, 3.63) is 101 Å². The van der Waals surface area contributed by atoms with E-state index in [0.29, 0.717) is 0 Å². The van der Waals surface area contributed by atoms with Crippen molar-refractivity contribution in [2.45, 2.75) is 6.04 Å². The van der Waals surface area contributed by atoms with E-state index in [1.54, 1.807) is 0 Å². The Morgan fingerprint density at radius 2 is 1.40 bits per heavy atom. The normalized spacial score (nSPS) is 10.4. The lowest BCUT2D eigenvalue weighted by Crippen LogP contribution is -2.31. The van der Waals surface area contributed by atoms with E-state index >= 15 is 0 Å². The summed E-state index contributed by atoms with van der Waals surface area (Å²) in [6.07, 6.45) is 1.40. The molecule has 0 aliphatic rings. The number of nitrogens with one attached hydrogen (secondary N) is 1. The highest BCUT2D eigenvalue weighted by Crippen LogP contribution is 2.22. The Hall–Kier alpha value is -3.47. The highest BCUT2D eigenvalue weighted by molar-refractivity contribution is 6.03. The van der Waals surface area contributed by atoms with Crippen LogP contribution in [0.15, 0.2) is 79.0 Å². The van der Waals surface area contributed by atoms with Crippen molar-refractivity contribution >= 4 is 11.9 Å². The van der Waals surface area contributed by atoms with Crippen molar-refractivity contribution in [1.29, 1.82) is 0 Å². The number of carboxylic acid groups (broad SMARTS) is 1. The molecular formula is C20H16N2O3. The molecule has 0 aliphatic carbocycles. The molecule has 1 amide bonds. The Kier molecular flexibility index (Phi) is 4.85. The molecule has 0 atom stereocenters. The van der Waals surface area contributed by atoms with E-state index in [1.165, 1.54) is 18.3 Å². The van der Waals surface area contributed by atoms with Gasteiger partial charge in [0.1, 0.15) is 5.69 Å². The molecule has 25 heavy (non-hydrogen) atoms. The van der Waals surface area contributed by atoms with Crippen LogP contribution in [-0.2, 0) is 0 Å². The zero-order chi connectivity index (χ0) is 17.6. The van der Waals surface area contributed by atoms with Gasteiger partial charge in [-0.2, -0.15) is 0 Å². The van der Waals surface area contributed by atoms with Crippen LogP contribution in [0, 0.1) is 0 Å². The number of rotatable bonds is 5. The van der Waals surface area contributed by atoms with Crippen LogP contribution >= 0.6 is 0 Å². The first-order valence-corrected chi connectivity index (χ1v) is 7.76. The number of nitrogens with zero attached hydrogens (tertiary/aromatic N) is 1. The van der Waals surface area contributed by atoms with Gasteiger partial charge in [0.05, 0.1) is 11.6 Å². The zero-order valence-corrected chi connectivity index (χ0v) is 13.3. The predicted octanol–water partition coefficient (Wildman–Crippen LogP) is 3.30. The van der Waals surface area contributed by atoms with Crippen LogP contribution in [-0.4, -0.2) is 22.0 Å². The molecule has 124 valence electrons. The molecule has 0 spiro atoms. The average Bonchev–Trinajstić information content (AvgIpc) is 2.67. The van der Waals surface area contributed by atoms with Crippen molar-refractivity contribution < 1.29 is 14.7 Å². The van der Waals surface area contributed by atoms with Gasteiger partial charge in [0.25, 0.3) is 5.91 Å². The van der Waals surface area contributed by atoms with Crippen LogP contribution in [0.25, 0.3) is 0 Å². The number of aromatic carboxylic acids is 1. The van der Waals surface area contributed by atoms with Gasteiger partial charge < -0.3 is 10.4 Å². The van der Waals surface area contributed by atoms with Crippen LogP contribution in [0.5, 0.6) is 0 Å². The fourth-order valence-corrected chi connectivity index (χ4v) is 2.61. The van der Waals surface area contributed by atoms with E-state index in [1.807, 2.05) is 60.7 Å². The van der Waals surface area contributed by atoms with E-state index in [0.717, 1.165) is 11.1 Å². The van der Waals surface area contributed by atoms with Crippen LogP contribution in [0.4, 0.5) is 0 Å². The molecule has 3 aromatic rings. The summed E-state index contributed by atoms with van der Waals surface area (Å²) in [7, 11) is 0. The topological polar surface area (TPSA) is 79.3 Å². The summed E-state index contributed by atoms with van der Waals surface area (Å²) in [6, 6.07) is 21.5. The van der Waals surface area contributed by atoms with Gasteiger partial charge in [0.2, 0.25) is 0 Å². The highest BCUT2D eigenvalue weighted by Gasteiger charge is 2.22. The Morgan fingerprint density at radius 3 is 1.92 bits per heavy atom. The molecule has 2 N–H and O–H groups in total. The van der Waals surface area contributed by atoms with Gasteiger partial charge in [0.15, 0.2) is 0 Å². The van der Waals surface area contributed by atoms with Crippen molar-refractivity contribution in [1.82, 2.24) is 10.3 Å². The fourth-order valence-electron chi connectivity index (χ4n) is 2.61. The Morgan fingerprint density at radius 1 is 0.840 bits per heavy atom. The van der Waals surface area contributed by atoms with Crippen LogP contribution in [0.3, 0.4) is 0 Å². The van der Waals surface area contributed by atoms with Crippen molar-refractivity contribution in [3.63, 3.8) is 0 Å². The molecule has 0 bridgehead atoms. The first-order chi connectivity index (χ1) is 12.2. The fraction of sp³-hybridized carbons (Fsp3) is 0.0500. The van der Waals surface area contributed by atoms with E-state index < -0.39 is 17.9 Å². The highest BCUT2D eigenvalue weighted by atomic mass is 16.4. The number of carboxylic acids is 1. The lowest BCUT2D eigenvalue weighted by Gasteiger charge is -2.20. The lowest BCUT2D eigenvalue weighted by molar-refractivity contribution is 0.0689. The smallest absolute Gasteiger partial charge is 0.338 e. The molecular weight excluding hydrogens is 316 g/mol. The third-order valence-electron chi connectivity index (χ3n) is 3.79. The number of hydrogen-bond acceptors (Lipinski definition) is 3. The molecule has 5 heteroatoms. The third kappa shape index (κ3) is 3.72. The van der Waals surface area contributed by atoms with Gasteiger partial charge in [-0.1, -0.05) is 60.7 Å². The maximum absolute atomic E-state index is 12.7. The second-order valence-electron chi connectivity index (χ2n) is 5.43. The first kappa shape index (κ1) is 16.4. The number of amides is 1. The van der Waals surface area contributed by atoms with Crippen LogP contribution < -0.4 is 5.32 Å². The van der Waals surface area contributed by atoms with Gasteiger partial charge in [-0.05, 0) is 23.3 Å². The predicted molar refractivity (Wildman–Crippen MR) is 93.4 cm³/mol. The summed E-state index contributed by atoms with van der Waals surface area (Å²) >= 11 is 0. The third-order valence-corrected chi connectivity index (χ3v) is 3.79. The number of pyridine rings is 1. The number of hydrogen-bond donors (Lipinski definition) is 2. The summed E-state index contributed by atoms with van der Waals surface area (Å²) in [5.74, 6) is -1.72. The quantitative estimate of drug-likeness (QED) is 0.751. The summed E-state index contributed by atoms with van der Waals surface area (Å²) in [4.78, 5) is 28.0. The van der Waals surface area contributed by atoms with Gasteiger partial charge >= 0.3 is 5.97 Å². The summed E-state index contributed by atoms with van der Waals surface area (Å²) in [5.41, 5.74) is 1.57. The molecule has 0 saturated carbocycles. The molecule has 0 aliphatic heterocycles. The minimum atomic E-state index is -1.19. The van der Waals surface area contributed by atoms with Crippen molar-refractivity contribution in [2.75, 3.05) is 0 Å². The summed E-state index contributed by atoms with van der Waals surface area (Å²) in [6.45, 7) is 0. The first-order valence-electron chi connectivity index (χ1n) is 7.76. The number of benzene rings is 2. The van der Waals surface area contributed by atoms with Gasteiger partial charge in [-0.25, -0.2) is 4.79 Å². The van der Waals surface area contributed by atoms with Crippen molar-refractivity contribution in [3.8, 4) is 0 Å². The van der Waals surface area contributed by atoms with E-state index in [-0.39, 0.29) is 11.3 Å². The van der Waals surface area contributed by atoms with Crippen LogP contribution in [0.2, 0.25) is 0 Å². The number of carbonyl (C=O) groups excluding carboxylic acids is 1. The summed E-state index contributed by atoms with van der Waals surface area (Å²) in [5, 5.41) is 12.2. The zero-order valence-electron chi connectivity index (χ0n) is 13.3. The van der Waals surface area contributed by atoms with Crippen molar-refractivity contribution in [2.24, 2.45) is 0 Å². The number of carbonyl (C=O) groups is 2. The summed E-state index contributed by atoms with van der Waals surface area (Å²) < 4.78 is 0. The molecule has 0 fully saturated rings. The second kappa shape index (κ2) is 7.40. The van der Waals surface area contributed by atoms with Gasteiger partial charge in [0, 0.05) is 6.20 Å². The maximum Gasteiger partial charge on any atom is 0.338 e. The molecule has 0 saturated heterocycles. The SMILES string of the molecule is O=C(O)c1cccnc1C(=O)NC(c1ccccc1)c1ccccc1. The maximum atomic E-state index is 12.7. The molecule has 5 nitrogen and oxygen atoms in total. The second-order valence-corrected chi connectivity index (χ2v) is 5.43.